The molecule has 0 bridgehead atoms. The lowest BCUT2D eigenvalue weighted by Gasteiger charge is -2.10. The van der Waals surface area contributed by atoms with Crippen molar-refractivity contribution in [1.82, 2.24) is 9.97 Å². The van der Waals surface area contributed by atoms with E-state index in [-0.39, 0.29) is 6.61 Å². The van der Waals surface area contributed by atoms with Crippen molar-refractivity contribution in [3.8, 4) is 5.88 Å². The van der Waals surface area contributed by atoms with E-state index in [4.69, 9.17) is 15.6 Å². The molecule has 1 aromatic heterocycles. The van der Waals surface area contributed by atoms with Crippen LogP contribution >= 0.6 is 0 Å². The summed E-state index contributed by atoms with van der Waals surface area (Å²) in [6.07, 6.45) is 1.61. The number of carboxylic acid groups (broad SMARTS) is 1. The molecule has 0 amide bonds. The molecule has 0 fully saturated rings. The summed E-state index contributed by atoms with van der Waals surface area (Å²) >= 11 is 0. The van der Waals surface area contributed by atoms with Gasteiger partial charge >= 0.3 is 5.97 Å². The van der Waals surface area contributed by atoms with Gasteiger partial charge in [0.15, 0.2) is 0 Å². The van der Waals surface area contributed by atoms with Crippen LogP contribution in [0, 0.1) is 13.8 Å². The van der Waals surface area contributed by atoms with Gasteiger partial charge in [-0.1, -0.05) is 0 Å². The zero-order valence-corrected chi connectivity index (χ0v) is 8.60. The first-order valence-electron chi connectivity index (χ1n) is 4.42. The molecule has 82 valence electrons. The van der Waals surface area contributed by atoms with Crippen molar-refractivity contribution in [3.63, 3.8) is 0 Å². The van der Waals surface area contributed by atoms with Gasteiger partial charge in [0.2, 0.25) is 5.88 Å². The van der Waals surface area contributed by atoms with Crippen LogP contribution < -0.4 is 10.5 Å². The average molecular weight is 211 g/mol. The second-order valence-corrected chi connectivity index (χ2v) is 3.16. The number of ether oxygens (including phenoxy) is 1. The van der Waals surface area contributed by atoms with Crippen LogP contribution in [0.4, 0.5) is 0 Å². The summed E-state index contributed by atoms with van der Waals surface area (Å²) in [4.78, 5) is 18.5. The number of carbonyl (C=O) groups is 1. The molecule has 1 unspecified atom stereocenters. The quantitative estimate of drug-likeness (QED) is 0.720. The van der Waals surface area contributed by atoms with Crippen molar-refractivity contribution in [2.24, 2.45) is 5.73 Å². The highest BCUT2D eigenvalue weighted by Gasteiger charge is 2.13. The minimum atomic E-state index is -1.10. The van der Waals surface area contributed by atoms with Crippen LogP contribution in [0.5, 0.6) is 5.88 Å². The van der Waals surface area contributed by atoms with Crippen molar-refractivity contribution >= 4 is 5.97 Å². The Kier molecular flexibility index (Phi) is 3.56. The first-order valence-corrected chi connectivity index (χ1v) is 4.42. The molecule has 0 aliphatic rings. The third-order valence-corrected chi connectivity index (χ3v) is 1.75. The van der Waals surface area contributed by atoms with Gasteiger partial charge < -0.3 is 15.6 Å². The minimum Gasteiger partial charge on any atom is -0.480 e. The lowest BCUT2D eigenvalue weighted by atomic mass is 10.3. The fraction of sp³-hybridized carbons (Fsp3) is 0.444. The maximum absolute atomic E-state index is 10.4. The molecule has 6 heteroatoms. The predicted molar refractivity (Wildman–Crippen MR) is 52.6 cm³/mol. The molecule has 1 heterocycles. The second-order valence-electron chi connectivity index (χ2n) is 3.16. The van der Waals surface area contributed by atoms with Crippen LogP contribution in [-0.2, 0) is 4.79 Å². The molecule has 0 saturated carbocycles. The number of aromatic nitrogens is 2. The van der Waals surface area contributed by atoms with Crippen molar-refractivity contribution < 1.29 is 14.6 Å². The third-order valence-electron chi connectivity index (χ3n) is 1.75. The van der Waals surface area contributed by atoms with Gasteiger partial charge in [-0.15, -0.1) is 0 Å². The zero-order chi connectivity index (χ0) is 11.4. The Morgan fingerprint density at radius 3 is 2.93 bits per heavy atom. The molecule has 0 aliphatic carbocycles. The Balaban J connectivity index is 2.65. The number of hydrogen-bond donors (Lipinski definition) is 2. The second kappa shape index (κ2) is 4.70. The van der Waals surface area contributed by atoms with E-state index >= 15 is 0 Å². The van der Waals surface area contributed by atoms with E-state index in [0.29, 0.717) is 17.3 Å². The number of nitrogens with two attached hydrogens (primary N) is 1. The van der Waals surface area contributed by atoms with Gasteiger partial charge in [-0.2, -0.15) is 0 Å². The zero-order valence-electron chi connectivity index (χ0n) is 8.60. The van der Waals surface area contributed by atoms with E-state index in [1.807, 2.05) is 0 Å². The number of aryl methyl sites for hydroxylation is 2. The number of nitrogens with zero attached hydrogens (tertiary/aromatic N) is 2. The van der Waals surface area contributed by atoms with Gasteiger partial charge in [0, 0.05) is 6.20 Å². The molecule has 6 nitrogen and oxygen atoms in total. The summed E-state index contributed by atoms with van der Waals surface area (Å²) in [7, 11) is 0. The van der Waals surface area contributed by atoms with E-state index < -0.39 is 12.0 Å². The highest BCUT2D eigenvalue weighted by Crippen LogP contribution is 2.11. The van der Waals surface area contributed by atoms with Gasteiger partial charge in [0.05, 0.1) is 11.4 Å². The summed E-state index contributed by atoms with van der Waals surface area (Å²) in [6, 6.07) is -1.05. The van der Waals surface area contributed by atoms with Crippen molar-refractivity contribution in [3.05, 3.63) is 17.6 Å². The van der Waals surface area contributed by atoms with Crippen LogP contribution in [-0.4, -0.2) is 33.7 Å². The van der Waals surface area contributed by atoms with Crippen molar-refractivity contribution in [2.45, 2.75) is 19.9 Å². The lowest BCUT2D eigenvalue weighted by molar-refractivity contribution is -0.139. The van der Waals surface area contributed by atoms with E-state index in [9.17, 15) is 4.79 Å². The standard InChI is InChI=1S/C9H13N3O3/c1-5-3-11-6(2)8(12-5)15-4-7(10)9(13)14/h3,7H,4,10H2,1-2H3,(H,13,14). The van der Waals surface area contributed by atoms with Gasteiger partial charge in [-0.05, 0) is 13.8 Å². The van der Waals surface area contributed by atoms with Crippen molar-refractivity contribution in [2.75, 3.05) is 6.61 Å². The Morgan fingerprint density at radius 2 is 2.33 bits per heavy atom. The molecule has 1 atom stereocenters. The topological polar surface area (TPSA) is 98.3 Å². The van der Waals surface area contributed by atoms with Crippen molar-refractivity contribution in [1.29, 1.82) is 0 Å². The largest absolute Gasteiger partial charge is 0.480 e. The lowest BCUT2D eigenvalue weighted by Crippen LogP contribution is -2.36. The van der Waals surface area contributed by atoms with E-state index in [0.717, 1.165) is 0 Å². The van der Waals surface area contributed by atoms with Gasteiger partial charge in [-0.25, -0.2) is 4.98 Å². The highest BCUT2D eigenvalue weighted by molar-refractivity contribution is 5.73. The summed E-state index contributed by atoms with van der Waals surface area (Å²) in [6.45, 7) is 3.39. The fourth-order valence-electron chi connectivity index (χ4n) is 0.892. The maximum Gasteiger partial charge on any atom is 0.324 e. The third kappa shape index (κ3) is 3.17. The first kappa shape index (κ1) is 11.4. The number of rotatable bonds is 4. The summed E-state index contributed by atoms with van der Waals surface area (Å²) in [5.74, 6) is -0.778. The summed E-state index contributed by atoms with van der Waals surface area (Å²) < 4.78 is 5.16. The Bertz CT molecular complexity index is 368. The molecule has 0 saturated heterocycles. The molecular formula is C9H13N3O3. The van der Waals surface area contributed by atoms with Crippen LogP contribution in [0.25, 0.3) is 0 Å². The van der Waals surface area contributed by atoms with Gasteiger partial charge in [0.25, 0.3) is 0 Å². The van der Waals surface area contributed by atoms with Crippen LogP contribution in [0.1, 0.15) is 11.4 Å². The molecule has 15 heavy (non-hydrogen) atoms. The van der Waals surface area contributed by atoms with E-state index in [1.54, 1.807) is 20.0 Å². The average Bonchev–Trinajstić information content (AvgIpc) is 2.18. The molecular weight excluding hydrogens is 198 g/mol. The fourth-order valence-corrected chi connectivity index (χ4v) is 0.892. The van der Waals surface area contributed by atoms with Crippen LogP contribution in [0.3, 0.4) is 0 Å². The number of carboxylic acids is 1. The van der Waals surface area contributed by atoms with Crippen LogP contribution in [0.15, 0.2) is 6.20 Å². The normalized spacial score (nSPS) is 12.2. The Hall–Kier alpha value is -1.69. The molecule has 0 aliphatic heterocycles. The molecule has 3 N–H and O–H groups in total. The van der Waals surface area contributed by atoms with Crippen LogP contribution in [0.2, 0.25) is 0 Å². The highest BCUT2D eigenvalue weighted by atomic mass is 16.5. The number of aliphatic carboxylic acids is 1. The SMILES string of the molecule is Cc1cnc(C)c(OCC(N)C(=O)O)n1. The molecule has 0 aromatic carbocycles. The smallest absolute Gasteiger partial charge is 0.324 e. The Labute approximate surface area is 87.1 Å². The first-order chi connectivity index (χ1) is 7.00. The van der Waals surface area contributed by atoms with Gasteiger partial charge in [-0.3, -0.25) is 9.78 Å². The van der Waals surface area contributed by atoms with Gasteiger partial charge in [0.1, 0.15) is 12.6 Å². The summed E-state index contributed by atoms with van der Waals surface area (Å²) in [5, 5.41) is 8.54. The Morgan fingerprint density at radius 1 is 1.67 bits per heavy atom. The minimum absolute atomic E-state index is 0.117. The molecule has 0 spiro atoms. The molecule has 0 radical (unpaired) electrons. The van der Waals surface area contributed by atoms with E-state index in [2.05, 4.69) is 9.97 Å². The molecule has 1 aromatic rings. The van der Waals surface area contributed by atoms with E-state index in [1.165, 1.54) is 0 Å². The predicted octanol–water partition coefficient (Wildman–Crippen LogP) is -0.116. The molecule has 1 rings (SSSR count). The number of hydrogen-bond acceptors (Lipinski definition) is 5. The maximum atomic E-state index is 10.4. The summed E-state index contributed by atoms with van der Waals surface area (Å²) in [5.41, 5.74) is 6.60. The monoisotopic (exact) mass is 211 g/mol.